The maximum Gasteiger partial charge on any atom is 0.250 e. The molecular formula is C16H17FN2O. The SMILES string of the molecule is CCn1cc(NC2CCc3c(F)cccc32)ccc1=O. The largest absolute Gasteiger partial charge is 0.377 e. The van der Waals surface area contributed by atoms with Gasteiger partial charge in [-0.2, -0.15) is 0 Å². The van der Waals surface area contributed by atoms with Gasteiger partial charge in [0.1, 0.15) is 5.82 Å². The monoisotopic (exact) mass is 272 g/mol. The molecule has 2 aromatic rings. The number of hydrogen-bond acceptors (Lipinski definition) is 2. The first-order valence-corrected chi connectivity index (χ1v) is 6.93. The summed E-state index contributed by atoms with van der Waals surface area (Å²) in [6, 6.07) is 8.70. The Morgan fingerprint density at radius 3 is 3.00 bits per heavy atom. The van der Waals surface area contributed by atoms with Gasteiger partial charge >= 0.3 is 0 Å². The van der Waals surface area contributed by atoms with Crippen LogP contribution in [-0.2, 0) is 13.0 Å². The summed E-state index contributed by atoms with van der Waals surface area (Å²) >= 11 is 0. The van der Waals surface area contributed by atoms with Gasteiger partial charge in [-0.3, -0.25) is 4.79 Å². The standard InChI is InChI=1S/C16H17FN2O/c1-2-19-10-11(6-9-16(19)20)18-15-8-7-12-13(15)4-3-5-14(12)17/h3-6,9-10,15,18H,2,7-8H2,1H3. The molecule has 1 aromatic heterocycles. The van der Waals surface area contributed by atoms with Gasteiger partial charge in [0, 0.05) is 18.8 Å². The molecule has 0 radical (unpaired) electrons. The van der Waals surface area contributed by atoms with E-state index in [9.17, 15) is 9.18 Å². The zero-order valence-electron chi connectivity index (χ0n) is 11.4. The number of nitrogens with one attached hydrogen (secondary N) is 1. The average molecular weight is 272 g/mol. The van der Waals surface area contributed by atoms with Crippen molar-refractivity contribution >= 4 is 5.69 Å². The zero-order valence-corrected chi connectivity index (χ0v) is 11.4. The highest BCUT2D eigenvalue weighted by atomic mass is 19.1. The van der Waals surface area contributed by atoms with E-state index in [-0.39, 0.29) is 17.4 Å². The lowest BCUT2D eigenvalue weighted by molar-refractivity contribution is 0.612. The van der Waals surface area contributed by atoms with Crippen LogP contribution in [0.5, 0.6) is 0 Å². The quantitative estimate of drug-likeness (QED) is 0.931. The van der Waals surface area contributed by atoms with E-state index in [0.717, 1.165) is 29.7 Å². The van der Waals surface area contributed by atoms with Crippen LogP contribution < -0.4 is 10.9 Å². The molecule has 0 fully saturated rings. The number of rotatable bonds is 3. The Kier molecular flexibility index (Phi) is 3.30. The van der Waals surface area contributed by atoms with E-state index in [4.69, 9.17) is 0 Å². The molecular weight excluding hydrogens is 255 g/mol. The van der Waals surface area contributed by atoms with Crippen molar-refractivity contribution in [2.45, 2.75) is 32.4 Å². The third kappa shape index (κ3) is 2.22. The van der Waals surface area contributed by atoms with Crippen molar-refractivity contribution in [2.75, 3.05) is 5.32 Å². The van der Waals surface area contributed by atoms with E-state index in [1.807, 2.05) is 19.2 Å². The third-order valence-corrected chi connectivity index (χ3v) is 3.88. The highest BCUT2D eigenvalue weighted by molar-refractivity contribution is 5.47. The lowest BCUT2D eigenvalue weighted by Crippen LogP contribution is -2.18. The number of fused-ring (bicyclic) bond motifs is 1. The summed E-state index contributed by atoms with van der Waals surface area (Å²) in [5.74, 6) is -0.120. The number of nitrogens with zero attached hydrogens (tertiary/aromatic N) is 1. The predicted molar refractivity (Wildman–Crippen MR) is 77.5 cm³/mol. The van der Waals surface area contributed by atoms with Crippen molar-refractivity contribution < 1.29 is 4.39 Å². The van der Waals surface area contributed by atoms with E-state index in [1.54, 1.807) is 22.8 Å². The molecule has 0 saturated carbocycles. The fourth-order valence-electron chi connectivity index (χ4n) is 2.82. The summed E-state index contributed by atoms with van der Waals surface area (Å²) in [5.41, 5.74) is 2.73. The maximum absolute atomic E-state index is 13.7. The molecule has 0 saturated heterocycles. The minimum atomic E-state index is -0.120. The van der Waals surface area contributed by atoms with Crippen molar-refractivity contribution in [3.05, 3.63) is 63.8 Å². The highest BCUT2D eigenvalue weighted by Crippen LogP contribution is 2.34. The van der Waals surface area contributed by atoms with Crippen LogP contribution in [-0.4, -0.2) is 4.57 Å². The molecule has 1 aliphatic carbocycles. The normalized spacial score (nSPS) is 17.0. The van der Waals surface area contributed by atoms with Crippen molar-refractivity contribution in [3.8, 4) is 0 Å². The Hall–Kier alpha value is -2.10. The van der Waals surface area contributed by atoms with Gasteiger partial charge in [0.05, 0.1) is 11.7 Å². The summed E-state index contributed by atoms with van der Waals surface area (Å²) in [5, 5.41) is 3.40. The van der Waals surface area contributed by atoms with Gasteiger partial charge in [0.2, 0.25) is 0 Å². The van der Waals surface area contributed by atoms with Gasteiger partial charge in [0.25, 0.3) is 5.56 Å². The third-order valence-electron chi connectivity index (χ3n) is 3.88. The van der Waals surface area contributed by atoms with Crippen LogP contribution in [0.25, 0.3) is 0 Å². The summed E-state index contributed by atoms with van der Waals surface area (Å²) < 4.78 is 15.4. The van der Waals surface area contributed by atoms with Gasteiger partial charge in [-0.15, -0.1) is 0 Å². The Labute approximate surface area is 117 Å². The second-order valence-electron chi connectivity index (χ2n) is 5.09. The van der Waals surface area contributed by atoms with Crippen LogP contribution in [0.4, 0.5) is 10.1 Å². The molecule has 20 heavy (non-hydrogen) atoms. The molecule has 1 unspecified atom stereocenters. The Bertz CT molecular complexity index is 693. The Balaban J connectivity index is 1.87. The van der Waals surface area contributed by atoms with Gasteiger partial charge < -0.3 is 9.88 Å². The first-order chi connectivity index (χ1) is 9.69. The molecule has 1 heterocycles. The number of benzene rings is 1. The summed E-state index contributed by atoms with van der Waals surface area (Å²) in [7, 11) is 0. The lowest BCUT2D eigenvalue weighted by atomic mass is 10.1. The molecule has 4 heteroatoms. The van der Waals surface area contributed by atoms with Gasteiger partial charge in [-0.05, 0) is 43.0 Å². The molecule has 3 rings (SSSR count). The molecule has 1 N–H and O–H groups in total. The number of pyridine rings is 1. The van der Waals surface area contributed by atoms with Gasteiger partial charge in [-0.25, -0.2) is 4.39 Å². The minimum Gasteiger partial charge on any atom is -0.377 e. The first-order valence-electron chi connectivity index (χ1n) is 6.93. The highest BCUT2D eigenvalue weighted by Gasteiger charge is 2.24. The second kappa shape index (κ2) is 5.12. The van der Waals surface area contributed by atoms with Crippen molar-refractivity contribution in [3.63, 3.8) is 0 Å². The fourth-order valence-corrected chi connectivity index (χ4v) is 2.82. The minimum absolute atomic E-state index is 0.00378. The van der Waals surface area contributed by atoms with Crippen LogP contribution in [0.15, 0.2) is 41.3 Å². The number of halogens is 1. The molecule has 0 aliphatic heterocycles. The molecule has 3 nitrogen and oxygen atoms in total. The van der Waals surface area contributed by atoms with E-state index < -0.39 is 0 Å². The van der Waals surface area contributed by atoms with E-state index in [0.29, 0.717) is 6.54 Å². The molecule has 104 valence electrons. The van der Waals surface area contributed by atoms with Gasteiger partial charge in [-0.1, -0.05) is 12.1 Å². The smallest absolute Gasteiger partial charge is 0.250 e. The number of aromatic nitrogens is 1. The number of hydrogen-bond donors (Lipinski definition) is 1. The number of aryl methyl sites for hydroxylation is 1. The molecule has 0 bridgehead atoms. The van der Waals surface area contributed by atoms with Crippen LogP contribution in [0.2, 0.25) is 0 Å². The van der Waals surface area contributed by atoms with Crippen molar-refractivity contribution in [1.29, 1.82) is 0 Å². The van der Waals surface area contributed by atoms with Crippen LogP contribution in [0.3, 0.4) is 0 Å². The lowest BCUT2D eigenvalue weighted by Gasteiger charge is -2.16. The van der Waals surface area contributed by atoms with E-state index >= 15 is 0 Å². The topological polar surface area (TPSA) is 34.0 Å². The molecule has 1 aromatic carbocycles. The average Bonchev–Trinajstić information content (AvgIpc) is 2.86. The molecule has 0 spiro atoms. The van der Waals surface area contributed by atoms with E-state index in [2.05, 4.69) is 5.32 Å². The molecule has 0 amide bonds. The molecule has 1 aliphatic rings. The zero-order chi connectivity index (χ0) is 14.1. The van der Waals surface area contributed by atoms with Crippen LogP contribution >= 0.6 is 0 Å². The Morgan fingerprint density at radius 2 is 2.20 bits per heavy atom. The van der Waals surface area contributed by atoms with Crippen LogP contribution in [0, 0.1) is 5.82 Å². The summed E-state index contributed by atoms with van der Waals surface area (Å²) in [6.07, 6.45) is 3.45. The van der Waals surface area contributed by atoms with Crippen LogP contribution in [0.1, 0.15) is 30.5 Å². The van der Waals surface area contributed by atoms with E-state index in [1.165, 1.54) is 6.07 Å². The fraction of sp³-hybridized carbons (Fsp3) is 0.312. The summed E-state index contributed by atoms with van der Waals surface area (Å²) in [4.78, 5) is 11.6. The van der Waals surface area contributed by atoms with Gasteiger partial charge in [0.15, 0.2) is 0 Å². The van der Waals surface area contributed by atoms with Crippen molar-refractivity contribution in [2.24, 2.45) is 0 Å². The Morgan fingerprint density at radius 1 is 1.35 bits per heavy atom. The van der Waals surface area contributed by atoms with Crippen molar-refractivity contribution in [1.82, 2.24) is 4.57 Å². The number of anilines is 1. The second-order valence-corrected chi connectivity index (χ2v) is 5.09. The summed E-state index contributed by atoms with van der Waals surface area (Å²) in [6.45, 7) is 2.58. The predicted octanol–water partition coefficient (Wildman–Crippen LogP) is 3.11. The molecule has 1 atom stereocenters. The first kappa shape index (κ1) is 12.9. The maximum atomic E-state index is 13.7.